The van der Waals surface area contributed by atoms with E-state index in [-0.39, 0.29) is 12.5 Å². The molecular weight excluding hydrogens is 226 g/mol. The minimum absolute atomic E-state index is 0.00314. The molecule has 1 heterocycles. The molecule has 0 saturated heterocycles. The van der Waals surface area contributed by atoms with Gasteiger partial charge in [0.1, 0.15) is 5.75 Å². The summed E-state index contributed by atoms with van der Waals surface area (Å²) in [5.74, 6) is 0.826. The Hall–Kier alpha value is -1.36. The molecule has 0 bridgehead atoms. The number of hydrogen-bond donors (Lipinski definition) is 2. The smallest absolute Gasteiger partial charge is 0.305 e. The Morgan fingerprint density at radius 2 is 2.50 bits per heavy atom. The van der Waals surface area contributed by atoms with Crippen molar-refractivity contribution >= 4 is 23.4 Å². The number of benzene rings is 1. The zero-order chi connectivity index (χ0) is 11.5. The second-order valence-electron chi connectivity index (χ2n) is 3.61. The first-order valence-corrected chi connectivity index (χ1v) is 5.97. The number of thioether (sulfide) groups is 1. The summed E-state index contributed by atoms with van der Waals surface area (Å²) in [6.45, 7) is 0. The Balaban J connectivity index is 2.12. The van der Waals surface area contributed by atoms with Gasteiger partial charge in [-0.3, -0.25) is 4.79 Å². The van der Waals surface area contributed by atoms with Gasteiger partial charge in [-0.05, 0) is 18.2 Å². The van der Waals surface area contributed by atoms with Crippen LogP contribution in [0.15, 0.2) is 23.1 Å². The summed E-state index contributed by atoms with van der Waals surface area (Å²) in [6.07, 6.45) is 0.151. The number of carbonyl (C=O) groups is 1. The van der Waals surface area contributed by atoms with Crippen molar-refractivity contribution in [1.29, 1.82) is 0 Å². The van der Waals surface area contributed by atoms with Crippen LogP contribution in [0.5, 0.6) is 5.75 Å². The molecule has 2 rings (SSSR count). The minimum Gasteiger partial charge on any atom is -0.497 e. The number of rotatable bonds is 3. The topological polar surface area (TPSA) is 58.6 Å². The third-order valence-corrected chi connectivity index (χ3v) is 3.63. The average Bonchev–Trinajstić information content (AvgIpc) is 2.27. The van der Waals surface area contributed by atoms with E-state index in [1.165, 1.54) is 0 Å². The van der Waals surface area contributed by atoms with Crippen molar-refractivity contribution in [2.24, 2.45) is 0 Å². The molecule has 4 nitrogen and oxygen atoms in total. The fraction of sp³-hybridized carbons (Fsp3) is 0.364. The summed E-state index contributed by atoms with van der Waals surface area (Å²) in [6, 6.07) is 5.76. The van der Waals surface area contributed by atoms with E-state index < -0.39 is 5.97 Å². The SMILES string of the molecule is COc1ccc2c(c1)SCC(CC(=O)O)N2. The molecule has 0 radical (unpaired) electrons. The first-order valence-electron chi connectivity index (χ1n) is 4.98. The van der Waals surface area contributed by atoms with Crippen molar-refractivity contribution in [2.75, 3.05) is 18.2 Å². The maximum absolute atomic E-state index is 10.6. The molecule has 1 atom stereocenters. The second kappa shape index (κ2) is 4.65. The molecule has 1 aromatic carbocycles. The Labute approximate surface area is 98.0 Å². The highest BCUT2D eigenvalue weighted by atomic mass is 32.2. The fourth-order valence-electron chi connectivity index (χ4n) is 1.64. The molecule has 2 N–H and O–H groups in total. The molecule has 0 amide bonds. The highest BCUT2D eigenvalue weighted by Crippen LogP contribution is 2.36. The Morgan fingerprint density at radius 1 is 1.69 bits per heavy atom. The number of carboxylic acids is 1. The molecule has 0 aliphatic carbocycles. The molecule has 0 fully saturated rings. The molecular formula is C11H13NO3S. The number of fused-ring (bicyclic) bond motifs is 1. The monoisotopic (exact) mass is 239 g/mol. The van der Waals surface area contributed by atoms with Crippen LogP contribution >= 0.6 is 11.8 Å². The molecule has 0 saturated carbocycles. The van der Waals surface area contributed by atoms with Crippen LogP contribution in [0.25, 0.3) is 0 Å². The van der Waals surface area contributed by atoms with Crippen LogP contribution in [0.3, 0.4) is 0 Å². The lowest BCUT2D eigenvalue weighted by atomic mass is 10.2. The molecule has 86 valence electrons. The fourth-order valence-corrected chi connectivity index (χ4v) is 2.70. The Kier molecular flexibility index (Phi) is 3.24. The van der Waals surface area contributed by atoms with Gasteiger partial charge in [0.2, 0.25) is 0 Å². The van der Waals surface area contributed by atoms with Gasteiger partial charge in [0.15, 0.2) is 0 Å². The van der Waals surface area contributed by atoms with Crippen LogP contribution in [0.4, 0.5) is 5.69 Å². The van der Waals surface area contributed by atoms with Crippen LogP contribution in [0, 0.1) is 0 Å². The first-order chi connectivity index (χ1) is 7.69. The molecule has 1 unspecified atom stereocenters. The summed E-state index contributed by atoms with van der Waals surface area (Å²) < 4.78 is 5.14. The predicted molar refractivity (Wildman–Crippen MR) is 63.4 cm³/mol. The van der Waals surface area contributed by atoms with Crippen LogP contribution < -0.4 is 10.1 Å². The van der Waals surface area contributed by atoms with Gasteiger partial charge in [0.05, 0.1) is 13.5 Å². The van der Waals surface area contributed by atoms with Crippen LogP contribution in [0.2, 0.25) is 0 Å². The highest BCUT2D eigenvalue weighted by molar-refractivity contribution is 7.99. The van der Waals surface area contributed by atoms with E-state index in [1.54, 1.807) is 18.9 Å². The zero-order valence-electron chi connectivity index (χ0n) is 8.90. The summed E-state index contributed by atoms with van der Waals surface area (Å²) in [4.78, 5) is 11.7. The largest absolute Gasteiger partial charge is 0.497 e. The van der Waals surface area contributed by atoms with E-state index in [9.17, 15) is 4.79 Å². The zero-order valence-corrected chi connectivity index (χ0v) is 9.71. The van der Waals surface area contributed by atoms with Gasteiger partial charge >= 0.3 is 5.97 Å². The van der Waals surface area contributed by atoms with E-state index in [4.69, 9.17) is 9.84 Å². The van der Waals surface area contributed by atoms with Crippen LogP contribution in [-0.4, -0.2) is 30.0 Å². The van der Waals surface area contributed by atoms with Gasteiger partial charge in [-0.25, -0.2) is 0 Å². The third kappa shape index (κ3) is 2.41. The van der Waals surface area contributed by atoms with E-state index in [0.29, 0.717) is 0 Å². The van der Waals surface area contributed by atoms with Gasteiger partial charge in [-0.15, -0.1) is 11.8 Å². The lowest BCUT2D eigenvalue weighted by Gasteiger charge is -2.25. The number of aliphatic carboxylic acids is 1. The molecule has 1 aliphatic rings. The highest BCUT2D eigenvalue weighted by Gasteiger charge is 2.20. The van der Waals surface area contributed by atoms with Crippen molar-refractivity contribution in [1.82, 2.24) is 0 Å². The van der Waals surface area contributed by atoms with Gasteiger partial charge in [0.25, 0.3) is 0 Å². The molecule has 1 aliphatic heterocycles. The summed E-state index contributed by atoms with van der Waals surface area (Å²) in [5.41, 5.74) is 0.989. The number of nitrogens with one attached hydrogen (secondary N) is 1. The number of methoxy groups -OCH3 is 1. The van der Waals surface area contributed by atoms with Gasteiger partial charge in [-0.1, -0.05) is 0 Å². The van der Waals surface area contributed by atoms with Gasteiger partial charge in [0, 0.05) is 22.4 Å². The normalized spacial score (nSPS) is 18.4. The van der Waals surface area contributed by atoms with Crippen molar-refractivity contribution in [3.05, 3.63) is 18.2 Å². The lowest BCUT2D eigenvalue weighted by Crippen LogP contribution is -2.28. The maximum atomic E-state index is 10.6. The van der Waals surface area contributed by atoms with E-state index >= 15 is 0 Å². The van der Waals surface area contributed by atoms with Gasteiger partial charge in [-0.2, -0.15) is 0 Å². The second-order valence-corrected chi connectivity index (χ2v) is 4.67. The quantitative estimate of drug-likeness (QED) is 0.845. The van der Waals surface area contributed by atoms with Crippen LogP contribution in [-0.2, 0) is 4.79 Å². The van der Waals surface area contributed by atoms with Crippen molar-refractivity contribution < 1.29 is 14.6 Å². The molecule has 16 heavy (non-hydrogen) atoms. The van der Waals surface area contributed by atoms with Crippen LogP contribution in [0.1, 0.15) is 6.42 Å². The molecule has 5 heteroatoms. The number of ether oxygens (including phenoxy) is 1. The summed E-state index contributed by atoms with van der Waals surface area (Å²) in [7, 11) is 1.63. The van der Waals surface area contributed by atoms with Crippen molar-refractivity contribution in [3.63, 3.8) is 0 Å². The van der Waals surface area contributed by atoms with E-state index in [1.807, 2.05) is 18.2 Å². The first kappa shape index (κ1) is 11.1. The van der Waals surface area contributed by atoms with Crippen molar-refractivity contribution in [2.45, 2.75) is 17.4 Å². The minimum atomic E-state index is -0.768. The predicted octanol–water partition coefficient (Wildman–Crippen LogP) is 2.06. The standard InChI is InChI=1S/C11H13NO3S/c1-15-8-2-3-9-10(5-8)16-6-7(12-9)4-11(13)14/h2-3,5,7,12H,4,6H2,1H3,(H,13,14). The third-order valence-electron chi connectivity index (χ3n) is 2.41. The maximum Gasteiger partial charge on any atom is 0.305 e. The summed E-state index contributed by atoms with van der Waals surface area (Å²) in [5, 5.41) is 11.9. The molecule has 0 spiro atoms. The molecule has 1 aromatic rings. The lowest BCUT2D eigenvalue weighted by molar-refractivity contribution is -0.137. The van der Waals surface area contributed by atoms with Gasteiger partial charge < -0.3 is 15.2 Å². The number of carboxylic acid groups (broad SMARTS) is 1. The van der Waals surface area contributed by atoms with Crippen molar-refractivity contribution in [3.8, 4) is 5.75 Å². The number of anilines is 1. The van der Waals surface area contributed by atoms with E-state index in [2.05, 4.69) is 5.32 Å². The average molecular weight is 239 g/mol. The van der Waals surface area contributed by atoms with E-state index in [0.717, 1.165) is 22.1 Å². The molecule has 0 aromatic heterocycles. The number of hydrogen-bond acceptors (Lipinski definition) is 4. The Morgan fingerprint density at radius 3 is 3.19 bits per heavy atom. The summed E-state index contributed by atoms with van der Waals surface area (Å²) >= 11 is 1.66. The Bertz CT molecular complexity index is 408.